The zero-order valence-corrected chi connectivity index (χ0v) is 11.7. The minimum Gasteiger partial charge on any atom is -0.348 e. The van der Waals surface area contributed by atoms with Crippen molar-refractivity contribution in [3.63, 3.8) is 0 Å². The lowest BCUT2D eigenvalue weighted by Gasteiger charge is -2.07. The molecule has 0 saturated carbocycles. The summed E-state index contributed by atoms with van der Waals surface area (Å²) < 4.78 is 2.09. The zero-order chi connectivity index (χ0) is 14.3. The molecule has 3 rings (SSSR count). The van der Waals surface area contributed by atoms with Crippen molar-refractivity contribution in [1.29, 1.82) is 0 Å². The molecule has 0 amide bonds. The summed E-state index contributed by atoms with van der Waals surface area (Å²) in [4.78, 5) is 7.23. The van der Waals surface area contributed by atoms with Gasteiger partial charge in [-0.3, -0.25) is 0 Å². The summed E-state index contributed by atoms with van der Waals surface area (Å²) in [6.07, 6.45) is 6.33. The van der Waals surface area contributed by atoms with Crippen LogP contribution in [0.15, 0.2) is 49.1 Å². The Balaban J connectivity index is 1.51. The van der Waals surface area contributed by atoms with Crippen molar-refractivity contribution >= 4 is 0 Å². The molecule has 21 heavy (non-hydrogen) atoms. The van der Waals surface area contributed by atoms with Gasteiger partial charge in [0.2, 0.25) is 0 Å². The van der Waals surface area contributed by atoms with Crippen LogP contribution in [0.3, 0.4) is 0 Å². The first kappa shape index (κ1) is 13.5. The van der Waals surface area contributed by atoms with Crippen molar-refractivity contribution in [2.75, 3.05) is 0 Å². The Kier molecular flexibility index (Phi) is 4.38. The van der Waals surface area contributed by atoms with E-state index in [9.17, 15) is 0 Å². The lowest BCUT2D eigenvalue weighted by Crippen LogP contribution is -2.17. The molecule has 0 radical (unpaired) electrons. The summed E-state index contributed by atoms with van der Waals surface area (Å²) in [7, 11) is 0. The minimum atomic E-state index is 0.676. The van der Waals surface area contributed by atoms with E-state index >= 15 is 0 Å². The van der Waals surface area contributed by atoms with Crippen molar-refractivity contribution in [2.45, 2.75) is 26.1 Å². The van der Waals surface area contributed by atoms with Crippen LogP contribution in [0.5, 0.6) is 0 Å². The average molecular weight is 282 g/mol. The SMILES string of the molecule is c1ccc(CCn2cnnc2CNCc2ncc[nH]2)cc1. The topological polar surface area (TPSA) is 71.4 Å². The third-order valence-electron chi connectivity index (χ3n) is 3.31. The number of H-pyrrole nitrogens is 1. The quantitative estimate of drug-likeness (QED) is 0.689. The highest BCUT2D eigenvalue weighted by Crippen LogP contribution is 2.03. The number of aromatic nitrogens is 5. The highest BCUT2D eigenvalue weighted by atomic mass is 15.3. The van der Waals surface area contributed by atoms with Gasteiger partial charge in [-0.2, -0.15) is 0 Å². The van der Waals surface area contributed by atoms with E-state index in [1.807, 2.05) is 12.3 Å². The standard InChI is InChI=1S/C15H18N6/c1-2-4-13(5-3-1)6-9-21-12-19-20-15(21)11-16-10-14-17-7-8-18-14/h1-5,7-8,12,16H,6,9-11H2,(H,17,18). The van der Waals surface area contributed by atoms with Gasteiger partial charge >= 0.3 is 0 Å². The molecule has 2 heterocycles. The van der Waals surface area contributed by atoms with Gasteiger partial charge in [-0.15, -0.1) is 10.2 Å². The second-order valence-corrected chi connectivity index (χ2v) is 4.82. The van der Waals surface area contributed by atoms with Gasteiger partial charge < -0.3 is 14.9 Å². The molecule has 0 aliphatic heterocycles. The number of benzene rings is 1. The van der Waals surface area contributed by atoms with Gasteiger partial charge in [-0.05, 0) is 12.0 Å². The van der Waals surface area contributed by atoms with Gasteiger partial charge in [0.05, 0.1) is 13.1 Å². The van der Waals surface area contributed by atoms with Crippen LogP contribution in [-0.2, 0) is 26.1 Å². The van der Waals surface area contributed by atoms with Crippen LogP contribution in [0.25, 0.3) is 0 Å². The Morgan fingerprint density at radius 3 is 2.86 bits per heavy atom. The molecule has 6 nitrogen and oxygen atoms in total. The maximum Gasteiger partial charge on any atom is 0.146 e. The third kappa shape index (κ3) is 3.76. The largest absolute Gasteiger partial charge is 0.348 e. The molecule has 2 aromatic heterocycles. The lowest BCUT2D eigenvalue weighted by atomic mass is 10.1. The summed E-state index contributed by atoms with van der Waals surface area (Å²) >= 11 is 0. The molecule has 1 aromatic carbocycles. The van der Waals surface area contributed by atoms with Crippen LogP contribution in [-0.4, -0.2) is 24.7 Å². The molecule has 0 atom stereocenters. The number of hydrogen-bond acceptors (Lipinski definition) is 4. The Bertz CT molecular complexity index is 644. The van der Waals surface area contributed by atoms with Crippen molar-refractivity contribution < 1.29 is 0 Å². The van der Waals surface area contributed by atoms with Crippen LogP contribution in [0.4, 0.5) is 0 Å². The van der Waals surface area contributed by atoms with Crippen molar-refractivity contribution in [2.24, 2.45) is 0 Å². The number of nitrogens with one attached hydrogen (secondary N) is 2. The predicted molar refractivity (Wildman–Crippen MR) is 79.3 cm³/mol. The van der Waals surface area contributed by atoms with Crippen LogP contribution >= 0.6 is 0 Å². The Morgan fingerprint density at radius 1 is 1.14 bits per heavy atom. The number of nitrogens with zero attached hydrogens (tertiary/aromatic N) is 4. The maximum absolute atomic E-state index is 4.17. The summed E-state index contributed by atoms with van der Waals surface area (Å²) in [5, 5.41) is 11.5. The first-order valence-corrected chi connectivity index (χ1v) is 7.01. The highest BCUT2D eigenvalue weighted by Gasteiger charge is 2.04. The van der Waals surface area contributed by atoms with E-state index in [4.69, 9.17) is 0 Å². The van der Waals surface area contributed by atoms with E-state index in [-0.39, 0.29) is 0 Å². The van der Waals surface area contributed by atoms with Crippen LogP contribution in [0.1, 0.15) is 17.2 Å². The van der Waals surface area contributed by atoms with Crippen LogP contribution in [0, 0.1) is 0 Å². The number of rotatable bonds is 7. The van der Waals surface area contributed by atoms with E-state index in [1.165, 1.54) is 5.56 Å². The fourth-order valence-electron chi connectivity index (χ4n) is 2.18. The average Bonchev–Trinajstić information content (AvgIpc) is 3.18. The zero-order valence-electron chi connectivity index (χ0n) is 11.7. The third-order valence-corrected chi connectivity index (χ3v) is 3.31. The Morgan fingerprint density at radius 2 is 2.05 bits per heavy atom. The molecular weight excluding hydrogens is 264 g/mol. The van der Waals surface area contributed by atoms with Crippen molar-refractivity contribution in [3.05, 3.63) is 66.3 Å². The fourth-order valence-corrected chi connectivity index (χ4v) is 2.18. The number of aryl methyl sites for hydroxylation is 2. The molecule has 0 fully saturated rings. The van der Waals surface area contributed by atoms with E-state index in [0.29, 0.717) is 13.1 Å². The second kappa shape index (κ2) is 6.81. The molecule has 0 unspecified atom stereocenters. The Labute approximate surface area is 123 Å². The normalized spacial score (nSPS) is 10.9. The van der Waals surface area contributed by atoms with Gasteiger partial charge in [-0.1, -0.05) is 30.3 Å². The number of imidazole rings is 1. The first-order chi connectivity index (χ1) is 10.4. The van der Waals surface area contributed by atoms with E-state index in [1.54, 1.807) is 12.5 Å². The maximum atomic E-state index is 4.17. The minimum absolute atomic E-state index is 0.676. The van der Waals surface area contributed by atoms with E-state index in [0.717, 1.165) is 24.6 Å². The number of aromatic amines is 1. The summed E-state index contributed by atoms with van der Waals surface area (Å²) in [6, 6.07) is 10.4. The van der Waals surface area contributed by atoms with Crippen molar-refractivity contribution in [3.8, 4) is 0 Å². The fraction of sp³-hybridized carbons (Fsp3) is 0.267. The second-order valence-electron chi connectivity index (χ2n) is 4.82. The molecule has 0 spiro atoms. The summed E-state index contributed by atoms with van der Waals surface area (Å²) in [6.45, 7) is 2.25. The summed E-state index contributed by atoms with van der Waals surface area (Å²) in [5.74, 6) is 1.86. The van der Waals surface area contributed by atoms with Gasteiger partial charge in [0.25, 0.3) is 0 Å². The van der Waals surface area contributed by atoms with Gasteiger partial charge in [0, 0.05) is 18.9 Å². The molecule has 0 saturated heterocycles. The highest BCUT2D eigenvalue weighted by molar-refractivity contribution is 5.14. The molecular formula is C15H18N6. The smallest absolute Gasteiger partial charge is 0.146 e. The van der Waals surface area contributed by atoms with Crippen LogP contribution < -0.4 is 5.32 Å². The predicted octanol–water partition coefficient (Wildman–Crippen LogP) is 1.53. The van der Waals surface area contributed by atoms with E-state index in [2.05, 4.69) is 54.3 Å². The molecule has 0 aliphatic rings. The van der Waals surface area contributed by atoms with Gasteiger partial charge in [-0.25, -0.2) is 4.98 Å². The van der Waals surface area contributed by atoms with Gasteiger partial charge in [0.15, 0.2) is 0 Å². The van der Waals surface area contributed by atoms with E-state index < -0.39 is 0 Å². The molecule has 2 N–H and O–H groups in total. The molecule has 0 aliphatic carbocycles. The molecule has 3 aromatic rings. The van der Waals surface area contributed by atoms with Crippen LogP contribution in [0.2, 0.25) is 0 Å². The van der Waals surface area contributed by atoms with Gasteiger partial charge in [0.1, 0.15) is 18.0 Å². The number of hydrogen-bond donors (Lipinski definition) is 2. The summed E-state index contributed by atoms with van der Waals surface area (Å²) in [5.41, 5.74) is 1.32. The lowest BCUT2D eigenvalue weighted by molar-refractivity contribution is 0.586. The molecule has 108 valence electrons. The monoisotopic (exact) mass is 282 g/mol. The Hall–Kier alpha value is -2.47. The molecule has 0 bridgehead atoms. The van der Waals surface area contributed by atoms with Crippen molar-refractivity contribution in [1.82, 2.24) is 30.0 Å². The molecule has 6 heteroatoms. The first-order valence-electron chi connectivity index (χ1n) is 7.01.